The summed E-state index contributed by atoms with van der Waals surface area (Å²) in [6, 6.07) is 0. The van der Waals surface area contributed by atoms with Crippen LogP contribution in [0.5, 0.6) is 0 Å². The lowest BCUT2D eigenvalue weighted by molar-refractivity contribution is -0.141. The van der Waals surface area contributed by atoms with Crippen LogP contribution in [0, 0.1) is 0 Å². The molecule has 1 aliphatic heterocycles. The minimum atomic E-state index is -0.393. The molecular weight excluding hydrogens is 184 g/mol. The van der Waals surface area contributed by atoms with Gasteiger partial charge in [0.1, 0.15) is 6.23 Å². The molecule has 0 aromatic carbocycles. The van der Waals surface area contributed by atoms with Crippen LogP contribution in [0.25, 0.3) is 0 Å². The molecule has 1 fully saturated rings. The highest BCUT2D eigenvalue weighted by Crippen LogP contribution is 2.04. The molecule has 5 heteroatoms. The van der Waals surface area contributed by atoms with Crippen molar-refractivity contribution in [1.29, 1.82) is 0 Å². The van der Waals surface area contributed by atoms with Crippen LogP contribution in [0.4, 0.5) is 0 Å². The normalized spacial score (nSPS) is 21.3. The van der Waals surface area contributed by atoms with E-state index >= 15 is 0 Å². The van der Waals surface area contributed by atoms with E-state index in [1.807, 2.05) is 0 Å². The number of carbonyl (C=O) groups is 1. The largest absolute Gasteiger partial charge is 0.356 e. The average Bonchev–Trinajstić information content (AvgIpc) is 2.26. The van der Waals surface area contributed by atoms with Gasteiger partial charge < -0.3 is 15.0 Å². The van der Waals surface area contributed by atoms with Gasteiger partial charge in [-0.3, -0.25) is 9.59 Å². The fourth-order valence-electron chi connectivity index (χ4n) is 1.26. The molecule has 0 aromatic heterocycles. The Morgan fingerprint density at radius 2 is 2.57 bits per heavy atom. The molecule has 77 valence electrons. The average molecular weight is 197 g/mol. The Morgan fingerprint density at radius 3 is 3.07 bits per heavy atom. The van der Waals surface area contributed by atoms with Gasteiger partial charge in [-0.1, -0.05) is 6.58 Å². The summed E-state index contributed by atoms with van der Waals surface area (Å²) in [6.45, 7) is 5.10. The van der Waals surface area contributed by atoms with Gasteiger partial charge in [-0.05, 0) is 6.08 Å². The van der Waals surface area contributed by atoms with Crippen LogP contribution in [0.1, 0.15) is 0 Å². The van der Waals surface area contributed by atoms with Crippen LogP contribution < -0.4 is 5.32 Å². The van der Waals surface area contributed by atoms with Gasteiger partial charge in [0, 0.05) is 13.1 Å². The number of hydrogen-bond acceptors (Lipinski definition) is 4. The monoisotopic (exact) mass is 197 g/mol. The summed E-state index contributed by atoms with van der Waals surface area (Å²) < 4.78 is 5.33. The van der Waals surface area contributed by atoms with E-state index in [-0.39, 0.29) is 12.5 Å². The van der Waals surface area contributed by atoms with Crippen LogP contribution >= 0.6 is 0 Å². The molecule has 0 spiro atoms. The van der Waals surface area contributed by atoms with Gasteiger partial charge in [-0.2, -0.15) is 0 Å². The van der Waals surface area contributed by atoms with Gasteiger partial charge in [0.2, 0.25) is 12.2 Å². The molecule has 0 aliphatic carbocycles. The van der Waals surface area contributed by atoms with Crippen molar-refractivity contribution in [1.82, 2.24) is 10.2 Å². The molecule has 0 aromatic rings. The summed E-state index contributed by atoms with van der Waals surface area (Å²) in [6.07, 6.45) is 2.45. The third-order valence-corrected chi connectivity index (χ3v) is 1.95. The van der Waals surface area contributed by atoms with Crippen LogP contribution in [-0.2, 0) is 14.3 Å². The number of ether oxygens (including phenoxy) is 1. The molecule has 1 aliphatic rings. The minimum Gasteiger partial charge on any atom is -0.356 e. The predicted octanol–water partition coefficient (Wildman–Crippen LogP) is -0.943. The van der Waals surface area contributed by atoms with Gasteiger partial charge in [0.25, 0.3) is 0 Å². The fraction of sp³-hybridized carbons (Fsp3) is 0.556. The van der Waals surface area contributed by atoms with Crippen molar-refractivity contribution < 1.29 is 14.3 Å². The third kappa shape index (κ3) is 2.65. The molecule has 1 unspecified atom stereocenters. The molecule has 1 heterocycles. The molecule has 1 N–H and O–H groups in total. The number of rotatable bonds is 4. The van der Waals surface area contributed by atoms with E-state index in [1.165, 1.54) is 4.90 Å². The first kappa shape index (κ1) is 10.9. The van der Waals surface area contributed by atoms with Crippen molar-refractivity contribution in [2.45, 2.75) is 6.23 Å². The van der Waals surface area contributed by atoms with Crippen molar-refractivity contribution in [3.8, 4) is 0 Å². The quantitative estimate of drug-likeness (QED) is 0.591. The maximum absolute atomic E-state index is 11.3. The van der Waals surface area contributed by atoms with E-state index in [1.54, 1.807) is 6.29 Å². The summed E-state index contributed by atoms with van der Waals surface area (Å²) in [5, 5.41) is 3.07. The lowest BCUT2D eigenvalue weighted by Gasteiger charge is -2.32. The summed E-state index contributed by atoms with van der Waals surface area (Å²) in [5.41, 5.74) is 0. The Morgan fingerprint density at radius 1 is 1.79 bits per heavy atom. The van der Waals surface area contributed by atoms with Crippen LogP contribution in [0.3, 0.4) is 0 Å². The van der Waals surface area contributed by atoms with E-state index in [4.69, 9.17) is 4.74 Å². The summed E-state index contributed by atoms with van der Waals surface area (Å²) >= 11 is 0. The molecule has 5 nitrogen and oxygen atoms in total. The zero-order valence-corrected chi connectivity index (χ0v) is 7.86. The Kier molecular flexibility index (Phi) is 4.28. The molecule has 1 radical (unpaired) electrons. The van der Waals surface area contributed by atoms with E-state index in [0.29, 0.717) is 13.2 Å². The number of amides is 1. The molecule has 0 bridgehead atoms. The Hall–Kier alpha value is -1.20. The first-order valence-corrected chi connectivity index (χ1v) is 4.40. The van der Waals surface area contributed by atoms with Gasteiger partial charge >= 0.3 is 0 Å². The molecular formula is C9H13N2O3. The summed E-state index contributed by atoms with van der Waals surface area (Å²) in [4.78, 5) is 22.9. The zero-order valence-electron chi connectivity index (χ0n) is 7.86. The second kappa shape index (κ2) is 5.51. The number of nitrogens with zero attached hydrogens (tertiary/aromatic N) is 1. The van der Waals surface area contributed by atoms with Crippen molar-refractivity contribution in [3.05, 3.63) is 12.7 Å². The Balaban J connectivity index is 2.59. The van der Waals surface area contributed by atoms with E-state index in [2.05, 4.69) is 11.9 Å². The smallest absolute Gasteiger partial charge is 0.248 e. The molecule has 1 rings (SSSR count). The van der Waals surface area contributed by atoms with Crippen LogP contribution in [-0.4, -0.2) is 49.6 Å². The van der Waals surface area contributed by atoms with Crippen molar-refractivity contribution in [2.24, 2.45) is 0 Å². The molecule has 1 amide bonds. The van der Waals surface area contributed by atoms with Crippen LogP contribution in [0.15, 0.2) is 12.7 Å². The van der Waals surface area contributed by atoms with Crippen molar-refractivity contribution >= 4 is 12.2 Å². The highest BCUT2D eigenvalue weighted by molar-refractivity contribution is 5.88. The number of carbonyl (C=O) groups excluding carboxylic acids is 2. The highest BCUT2D eigenvalue weighted by Gasteiger charge is 2.24. The molecule has 1 atom stereocenters. The van der Waals surface area contributed by atoms with Crippen molar-refractivity contribution in [2.75, 3.05) is 26.2 Å². The lowest BCUT2D eigenvalue weighted by atomic mass is 10.3. The molecule has 14 heavy (non-hydrogen) atoms. The van der Waals surface area contributed by atoms with Crippen molar-refractivity contribution in [3.63, 3.8) is 0 Å². The van der Waals surface area contributed by atoms with Gasteiger partial charge in [0.15, 0.2) is 0 Å². The highest BCUT2D eigenvalue weighted by atomic mass is 16.5. The van der Waals surface area contributed by atoms with Gasteiger partial charge in [0.05, 0.1) is 13.2 Å². The third-order valence-electron chi connectivity index (χ3n) is 1.95. The summed E-state index contributed by atoms with van der Waals surface area (Å²) in [5.74, 6) is -0.318. The first-order chi connectivity index (χ1) is 6.79. The zero-order chi connectivity index (χ0) is 10.4. The second-order valence-corrected chi connectivity index (χ2v) is 2.84. The SMILES string of the molecule is C=CC(=O)N(C[C]=O)C1CNCCO1. The summed E-state index contributed by atoms with van der Waals surface area (Å²) in [7, 11) is 0. The molecule has 1 saturated heterocycles. The number of hydrogen-bond donors (Lipinski definition) is 1. The van der Waals surface area contributed by atoms with Gasteiger partial charge in [-0.15, -0.1) is 0 Å². The number of nitrogens with one attached hydrogen (secondary N) is 1. The Bertz CT molecular complexity index is 224. The lowest BCUT2D eigenvalue weighted by Crippen LogP contribution is -2.51. The number of morpholine rings is 1. The first-order valence-electron chi connectivity index (χ1n) is 4.40. The maximum atomic E-state index is 11.3. The maximum Gasteiger partial charge on any atom is 0.248 e. The fourth-order valence-corrected chi connectivity index (χ4v) is 1.26. The van der Waals surface area contributed by atoms with Crippen LogP contribution in [0.2, 0.25) is 0 Å². The van der Waals surface area contributed by atoms with Gasteiger partial charge in [-0.25, -0.2) is 0 Å². The standard InChI is InChI=1S/C9H13N2O3/c1-2-8(13)11(4-5-12)9-7-10-3-6-14-9/h2,9-10H,1,3-4,6-7H2. The Labute approximate surface area is 82.7 Å². The topological polar surface area (TPSA) is 58.6 Å². The minimum absolute atomic E-state index is 0.0861. The van der Waals surface area contributed by atoms with E-state index < -0.39 is 6.23 Å². The molecule has 0 saturated carbocycles. The van der Waals surface area contributed by atoms with E-state index in [9.17, 15) is 9.59 Å². The predicted molar refractivity (Wildman–Crippen MR) is 50.2 cm³/mol. The van der Waals surface area contributed by atoms with E-state index in [0.717, 1.165) is 12.6 Å². The second-order valence-electron chi connectivity index (χ2n) is 2.84.